The van der Waals surface area contributed by atoms with Gasteiger partial charge in [-0.25, -0.2) is 0 Å². The summed E-state index contributed by atoms with van der Waals surface area (Å²) in [6.07, 6.45) is 0. The molecule has 6 aromatic rings. The number of aromatic nitrogens is 1. The summed E-state index contributed by atoms with van der Waals surface area (Å²) in [7, 11) is 0. The van der Waals surface area contributed by atoms with Gasteiger partial charge in [-0.1, -0.05) is 66.7 Å². The van der Waals surface area contributed by atoms with Crippen molar-refractivity contribution in [2.24, 2.45) is 0 Å². The van der Waals surface area contributed by atoms with Gasteiger partial charge in [0.25, 0.3) is 0 Å². The maximum absolute atomic E-state index is 3.54. The molecule has 2 heteroatoms. The Labute approximate surface area is 175 Å². The lowest BCUT2D eigenvalue weighted by molar-refractivity contribution is 1.18. The summed E-state index contributed by atoms with van der Waals surface area (Å²) in [5.74, 6) is 0. The number of rotatable bonds is 3. The van der Waals surface area contributed by atoms with Gasteiger partial charge in [0.2, 0.25) is 0 Å². The second-order valence-corrected chi connectivity index (χ2v) is 7.61. The Kier molecular flexibility index (Phi) is 3.82. The molecule has 0 atom stereocenters. The highest BCUT2D eigenvalue weighted by Gasteiger charge is 2.14. The third-order valence-electron chi connectivity index (χ3n) is 5.71. The van der Waals surface area contributed by atoms with Crippen molar-refractivity contribution < 1.29 is 0 Å². The smallest absolute Gasteiger partial charge is 0.0561 e. The van der Waals surface area contributed by atoms with Crippen molar-refractivity contribution >= 4 is 44.0 Å². The molecule has 30 heavy (non-hydrogen) atoms. The standard InChI is InChI=1S/C28H20N2/c1-3-11-22(12-4-1)29-23-15-16-25-26-17-20-9-7-8-10-21(20)18-27(26)30(28(25)19-23)24-13-5-2-6-14-24/h1-19,29H. The molecule has 5 aromatic carbocycles. The molecule has 0 saturated carbocycles. The molecule has 142 valence electrons. The van der Waals surface area contributed by atoms with Gasteiger partial charge < -0.3 is 9.88 Å². The van der Waals surface area contributed by atoms with Crippen LogP contribution in [0.2, 0.25) is 0 Å². The van der Waals surface area contributed by atoms with Gasteiger partial charge in [0.05, 0.1) is 11.0 Å². The minimum atomic E-state index is 1.08. The second kappa shape index (κ2) is 6.78. The van der Waals surface area contributed by atoms with Gasteiger partial charge in [0, 0.05) is 27.8 Å². The fourth-order valence-corrected chi connectivity index (χ4v) is 4.32. The molecule has 1 heterocycles. The number of para-hydroxylation sites is 2. The van der Waals surface area contributed by atoms with E-state index in [0.29, 0.717) is 0 Å². The molecule has 6 rings (SSSR count). The van der Waals surface area contributed by atoms with Gasteiger partial charge in [-0.05, 0) is 59.3 Å². The molecule has 0 saturated heterocycles. The van der Waals surface area contributed by atoms with Crippen molar-refractivity contribution in [3.63, 3.8) is 0 Å². The van der Waals surface area contributed by atoms with E-state index in [1.54, 1.807) is 0 Å². The normalized spacial score (nSPS) is 11.3. The fraction of sp³-hybridized carbons (Fsp3) is 0. The van der Waals surface area contributed by atoms with E-state index in [9.17, 15) is 0 Å². The summed E-state index contributed by atoms with van der Waals surface area (Å²) in [4.78, 5) is 0. The zero-order valence-corrected chi connectivity index (χ0v) is 16.4. The average Bonchev–Trinajstić information content (AvgIpc) is 3.11. The first kappa shape index (κ1) is 16.9. The van der Waals surface area contributed by atoms with E-state index < -0.39 is 0 Å². The molecular weight excluding hydrogens is 364 g/mol. The summed E-state index contributed by atoms with van der Waals surface area (Å²) in [5, 5.41) is 8.60. The van der Waals surface area contributed by atoms with Crippen LogP contribution in [0.15, 0.2) is 115 Å². The maximum Gasteiger partial charge on any atom is 0.0561 e. The van der Waals surface area contributed by atoms with E-state index >= 15 is 0 Å². The van der Waals surface area contributed by atoms with Crippen LogP contribution in [0, 0.1) is 0 Å². The number of benzene rings is 5. The van der Waals surface area contributed by atoms with Crippen LogP contribution in [0.1, 0.15) is 0 Å². The van der Waals surface area contributed by atoms with Crippen LogP contribution in [-0.2, 0) is 0 Å². The largest absolute Gasteiger partial charge is 0.355 e. The molecule has 2 nitrogen and oxygen atoms in total. The van der Waals surface area contributed by atoms with Crippen molar-refractivity contribution in [1.82, 2.24) is 4.57 Å². The summed E-state index contributed by atoms with van der Waals surface area (Å²) in [6, 6.07) is 40.8. The molecule has 0 amide bonds. The molecule has 0 unspecified atom stereocenters. The van der Waals surface area contributed by atoms with Crippen LogP contribution in [0.5, 0.6) is 0 Å². The third kappa shape index (κ3) is 2.73. The van der Waals surface area contributed by atoms with Gasteiger partial charge >= 0.3 is 0 Å². The Morgan fingerprint density at radius 2 is 1.10 bits per heavy atom. The van der Waals surface area contributed by atoms with Crippen LogP contribution in [0.4, 0.5) is 11.4 Å². The van der Waals surface area contributed by atoms with Gasteiger partial charge in [-0.15, -0.1) is 0 Å². The van der Waals surface area contributed by atoms with Gasteiger partial charge in [0.1, 0.15) is 0 Å². The zero-order valence-electron chi connectivity index (χ0n) is 16.4. The third-order valence-corrected chi connectivity index (χ3v) is 5.71. The number of hydrogen-bond acceptors (Lipinski definition) is 1. The molecule has 0 radical (unpaired) electrons. The second-order valence-electron chi connectivity index (χ2n) is 7.61. The first-order chi connectivity index (χ1) is 14.9. The van der Waals surface area contributed by atoms with Crippen LogP contribution < -0.4 is 5.32 Å². The maximum atomic E-state index is 3.54. The highest BCUT2D eigenvalue weighted by atomic mass is 15.0. The van der Waals surface area contributed by atoms with E-state index in [-0.39, 0.29) is 0 Å². The number of nitrogens with one attached hydrogen (secondary N) is 1. The quantitative estimate of drug-likeness (QED) is 0.331. The summed E-state index contributed by atoms with van der Waals surface area (Å²) in [6.45, 7) is 0. The van der Waals surface area contributed by atoms with Crippen molar-refractivity contribution in [2.75, 3.05) is 5.32 Å². The number of anilines is 2. The topological polar surface area (TPSA) is 17.0 Å². The number of hydrogen-bond donors (Lipinski definition) is 1. The predicted molar refractivity (Wildman–Crippen MR) is 128 cm³/mol. The van der Waals surface area contributed by atoms with E-state index in [1.165, 1.54) is 38.3 Å². The molecule has 1 aromatic heterocycles. The highest BCUT2D eigenvalue weighted by molar-refractivity contribution is 6.14. The zero-order chi connectivity index (χ0) is 19.9. The Hall–Kier alpha value is -4.04. The van der Waals surface area contributed by atoms with Crippen LogP contribution in [0.25, 0.3) is 38.3 Å². The molecule has 0 fully saturated rings. The van der Waals surface area contributed by atoms with Crippen LogP contribution >= 0.6 is 0 Å². The Morgan fingerprint density at radius 3 is 1.87 bits per heavy atom. The number of nitrogens with zero attached hydrogens (tertiary/aromatic N) is 1. The summed E-state index contributed by atoms with van der Waals surface area (Å²) < 4.78 is 2.37. The lowest BCUT2D eigenvalue weighted by atomic mass is 10.1. The van der Waals surface area contributed by atoms with Crippen LogP contribution in [0.3, 0.4) is 0 Å². The Morgan fingerprint density at radius 1 is 0.467 bits per heavy atom. The van der Waals surface area contributed by atoms with Gasteiger partial charge in [-0.2, -0.15) is 0 Å². The van der Waals surface area contributed by atoms with Crippen LogP contribution in [-0.4, -0.2) is 4.57 Å². The molecule has 0 aliphatic rings. The number of fused-ring (bicyclic) bond motifs is 4. The minimum absolute atomic E-state index is 1.08. The van der Waals surface area contributed by atoms with Gasteiger partial charge in [-0.3, -0.25) is 0 Å². The molecule has 0 bridgehead atoms. The van der Waals surface area contributed by atoms with Gasteiger partial charge in [0.15, 0.2) is 0 Å². The average molecular weight is 384 g/mol. The van der Waals surface area contributed by atoms with E-state index in [4.69, 9.17) is 0 Å². The van der Waals surface area contributed by atoms with E-state index in [0.717, 1.165) is 11.4 Å². The molecule has 1 N–H and O–H groups in total. The summed E-state index contributed by atoms with van der Waals surface area (Å²) >= 11 is 0. The lowest BCUT2D eigenvalue weighted by Crippen LogP contribution is -1.94. The predicted octanol–water partition coefficient (Wildman–Crippen LogP) is 7.68. The first-order valence-corrected chi connectivity index (χ1v) is 10.2. The molecule has 0 aliphatic heterocycles. The molecule has 0 aliphatic carbocycles. The molecular formula is C28H20N2. The van der Waals surface area contributed by atoms with Crippen molar-refractivity contribution in [3.05, 3.63) is 115 Å². The molecule has 0 spiro atoms. The SMILES string of the molecule is c1ccc(Nc2ccc3c4cc5ccccc5cc4n(-c4ccccc4)c3c2)cc1. The highest BCUT2D eigenvalue weighted by Crippen LogP contribution is 2.36. The van der Waals surface area contributed by atoms with Crippen molar-refractivity contribution in [2.45, 2.75) is 0 Å². The summed E-state index contributed by atoms with van der Waals surface area (Å²) in [5.41, 5.74) is 5.77. The van der Waals surface area contributed by atoms with E-state index in [1.807, 2.05) is 18.2 Å². The minimum Gasteiger partial charge on any atom is -0.355 e. The van der Waals surface area contributed by atoms with Crippen molar-refractivity contribution in [3.8, 4) is 5.69 Å². The lowest BCUT2D eigenvalue weighted by Gasteiger charge is -2.10. The Balaban J connectivity index is 1.66. The van der Waals surface area contributed by atoms with Crippen molar-refractivity contribution in [1.29, 1.82) is 0 Å². The van der Waals surface area contributed by atoms with E-state index in [2.05, 4.69) is 107 Å². The monoisotopic (exact) mass is 384 g/mol. The fourth-order valence-electron chi connectivity index (χ4n) is 4.32. The first-order valence-electron chi connectivity index (χ1n) is 10.2. The Bertz CT molecular complexity index is 1500.